The lowest BCUT2D eigenvalue weighted by atomic mass is 9.96. The molecule has 2 aromatic heterocycles. The van der Waals surface area contributed by atoms with Crippen LogP contribution in [0.25, 0.3) is 11.2 Å². The van der Waals surface area contributed by atoms with Crippen molar-refractivity contribution in [1.82, 2.24) is 19.7 Å². The SMILES string of the molecule is CC.Cc1nn(C2CCCCC2)c2nc(Cl)cnc12. The molecule has 1 fully saturated rings. The van der Waals surface area contributed by atoms with Gasteiger partial charge in [0.2, 0.25) is 0 Å². The van der Waals surface area contributed by atoms with Gasteiger partial charge in [0.05, 0.1) is 17.9 Å². The number of aromatic nitrogens is 4. The van der Waals surface area contributed by atoms with Crippen LogP contribution in [0, 0.1) is 6.92 Å². The van der Waals surface area contributed by atoms with E-state index in [9.17, 15) is 0 Å². The fraction of sp³-hybridized carbons (Fsp3) is 0.643. The van der Waals surface area contributed by atoms with E-state index in [1.165, 1.54) is 32.1 Å². The summed E-state index contributed by atoms with van der Waals surface area (Å²) in [6.45, 7) is 5.98. The molecule has 0 bridgehead atoms. The standard InChI is InChI=1S/C12H15ClN4.C2H6/c1-8-11-12(15-10(13)7-14-11)17(16-8)9-5-3-2-4-6-9;1-2/h7,9H,2-6H2,1H3;1-2H3. The number of fused-ring (bicyclic) bond motifs is 1. The minimum absolute atomic E-state index is 0.439. The van der Waals surface area contributed by atoms with Crippen LogP contribution in [0.4, 0.5) is 0 Å². The Morgan fingerprint density at radius 3 is 2.58 bits per heavy atom. The Balaban J connectivity index is 0.000000637. The summed E-state index contributed by atoms with van der Waals surface area (Å²) >= 11 is 5.92. The van der Waals surface area contributed by atoms with Crippen LogP contribution >= 0.6 is 11.6 Å². The summed E-state index contributed by atoms with van der Waals surface area (Å²) in [6.07, 6.45) is 7.85. The Labute approximate surface area is 119 Å². The summed E-state index contributed by atoms with van der Waals surface area (Å²) in [5.41, 5.74) is 2.65. The van der Waals surface area contributed by atoms with E-state index in [-0.39, 0.29) is 0 Å². The van der Waals surface area contributed by atoms with Crippen molar-refractivity contribution in [2.45, 2.75) is 58.9 Å². The van der Waals surface area contributed by atoms with Gasteiger partial charge in [0.15, 0.2) is 5.65 Å². The summed E-state index contributed by atoms with van der Waals surface area (Å²) in [5.74, 6) is 0. The molecule has 0 atom stereocenters. The molecule has 0 saturated heterocycles. The molecule has 0 aromatic carbocycles. The van der Waals surface area contributed by atoms with E-state index in [1.807, 2.05) is 25.5 Å². The van der Waals surface area contributed by atoms with Gasteiger partial charge in [-0.1, -0.05) is 44.7 Å². The van der Waals surface area contributed by atoms with Crippen LogP contribution in [0.2, 0.25) is 5.15 Å². The fourth-order valence-electron chi connectivity index (χ4n) is 2.61. The van der Waals surface area contributed by atoms with E-state index >= 15 is 0 Å². The zero-order valence-electron chi connectivity index (χ0n) is 11.9. The molecule has 3 rings (SSSR count). The third-order valence-corrected chi connectivity index (χ3v) is 3.64. The summed E-state index contributed by atoms with van der Waals surface area (Å²) < 4.78 is 2.03. The van der Waals surface area contributed by atoms with Gasteiger partial charge < -0.3 is 0 Å². The summed E-state index contributed by atoms with van der Waals surface area (Å²) in [6, 6.07) is 0.465. The summed E-state index contributed by atoms with van der Waals surface area (Å²) in [7, 11) is 0. The second kappa shape index (κ2) is 6.33. The molecular weight excluding hydrogens is 260 g/mol. The van der Waals surface area contributed by atoms with Crippen LogP contribution in [0.1, 0.15) is 57.7 Å². The Hall–Kier alpha value is -1.16. The van der Waals surface area contributed by atoms with E-state index in [0.717, 1.165) is 16.9 Å². The maximum absolute atomic E-state index is 5.92. The topological polar surface area (TPSA) is 43.6 Å². The highest BCUT2D eigenvalue weighted by Gasteiger charge is 2.20. The monoisotopic (exact) mass is 280 g/mol. The van der Waals surface area contributed by atoms with Gasteiger partial charge in [-0.15, -0.1) is 0 Å². The third kappa shape index (κ3) is 2.89. The second-order valence-electron chi connectivity index (χ2n) is 4.69. The summed E-state index contributed by atoms with van der Waals surface area (Å²) in [4.78, 5) is 8.69. The van der Waals surface area contributed by atoms with Crippen LogP contribution in [-0.4, -0.2) is 19.7 Å². The number of aryl methyl sites for hydroxylation is 1. The molecular formula is C14H21ClN4. The fourth-order valence-corrected chi connectivity index (χ4v) is 2.74. The van der Waals surface area contributed by atoms with Crippen LogP contribution in [-0.2, 0) is 0 Å². The zero-order valence-corrected chi connectivity index (χ0v) is 12.6. The lowest BCUT2D eigenvalue weighted by Gasteiger charge is -2.22. The molecule has 2 aromatic rings. The van der Waals surface area contributed by atoms with Crippen LogP contribution < -0.4 is 0 Å². The first kappa shape index (κ1) is 14.3. The van der Waals surface area contributed by atoms with Gasteiger partial charge in [-0.3, -0.25) is 0 Å². The second-order valence-corrected chi connectivity index (χ2v) is 5.07. The number of hydrogen-bond donors (Lipinski definition) is 0. The molecule has 0 spiro atoms. The van der Waals surface area contributed by atoms with Crippen molar-refractivity contribution < 1.29 is 0 Å². The predicted octanol–water partition coefficient (Wildman–Crippen LogP) is 4.32. The first-order chi connectivity index (χ1) is 9.25. The van der Waals surface area contributed by atoms with Crippen LogP contribution in [0.3, 0.4) is 0 Å². The Kier molecular flexibility index (Phi) is 4.75. The van der Waals surface area contributed by atoms with Crippen molar-refractivity contribution in [3.63, 3.8) is 0 Å². The Morgan fingerprint density at radius 2 is 1.89 bits per heavy atom. The highest BCUT2D eigenvalue weighted by molar-refractivity contribution is 6.29. The molecule has 0 amide bonds. The minimum atomic E-state index is 0.439. The molecule has 0 aliphatic heterocycles. The first-order valence-corrected chi connectivity index (χ1v) is 7.51. The van der Waals surface area contributed by atoms with Crippen LogP contribution in [0.15, 0.2) is 6.20 Å². The molecule has 0 radical (unpaired) electrons. The third-order valence-electron chi connectivity index (χ3n) is 3.46. The molecule has 1 saturated carbocycles. The number of hydrogen-bond acceptors (Lipinski definition) is 3. The van der Waals surface area contributed by atoms with E-state index in [0.29, 0.717) is 11.2 Å². The quantitative estimate of drug-likeness (QED) is 0.781. The first-order valence-electron chi connectivity index (χ1n) is 7.13. The van der Waals surface area contributed by atoms with Crippen molar-refractivity contribution in [3.05, 3.63) is 17.0 Å². The molecule has 1 aliphatic carbocycles. The van der Waals surface area contributed by atoms with E-state index in [4.69, 9.17) is 11.6 Å². The number of nitrogens with zero attached hydrogens (tertiary/aromatic N) is 4. The van der Waals surface area contributed by atoms with Crippen molar-refractivity contribution in [1.29, 1.82) is 0 Å². The van der Waals surface area contributed by atoms with Gasteiger partial charge in [-0.2, -0.15) is 5.10 Å². The maximum atomic E-state index is 5.92. The molecule has 19 heavy (non-hydrogen) atoms. The molecule has 4 nitrogen and oxygen atoms in total. The normalized spacial score (nSPS) is 16.2. The predicted molar refractivity (Wildman–Crippen MR) is 78.5 cm³/mol. The van der Waals surface area contributed by atoms with Crippen molar-refractivity contribution in [2.24, 2.45) is 0 Å². The lowest BCUT2D eigenvalue weighted by molar-refractivity contribution is 0.335. The maximum Gasteiger partial charge on any atom is 0.178 e. The van der Waals surface area contributed by atoms with Gasteiger partial charge in [-0.25, -0.2) is 14.6 Å². The molecule has 0 N–H and O–H groups in total. The molecule has 2 heterocycles. The highest BCUT2D eigenvalue weighted by Crippen LogP contribution is 2.30. The van der Waals surface area contributed by atoms with E-state index in [2.05, 4.69) is 15.1 Å². The highest BCUT2D eigenvalue weighted by atomic mass is 35.5. The van der Waals surface area contributed by atoms with E-state index < -0.39 is 0 Å². The Bertz CT molecular complexity index is 544. The van der Waals surface area contributed by atoms with Gasteiger partial charge >= 0.3 is 0 Å². The largest absolute Gasteiger partial charge is 0.248 e. The number of halogens is 1. The average Bonchev–Trinajstić information content (AvgIpc) is 2.79. The molecule has 1 aliphatic rings. The van der Waals surface area contributed by atoms with Crippen molar-refractivity contribution >= 4 is 22.8 Å². The zero-order chi connectivity index (χ0) is 13.8. The lowest BCUT2D eigenvalue weighted by Crippen LogP contribution is -2.14. The van der Waals surface area contributed by atoms with Gasteiger partial charge in [-0.05, 0) is 19.8 Å². The minimum Gasteiger partial charge on any atom is -0.248 e. The summed E-state index contributed by atoms with van der Waals surface area (Å²) in [5, 5.41) is 5.03. The van der Waals surface area contributed by atoms with Crippen molar-refractivity contribution in [2.75, 3.05) is 0 Å². The van der Waals surface area contributed by atoms with Crippen molar-refractivity contribution in [3.8, 4) is 0 Å². The number of rotatable bonds is 1. The molecule has 0 unspecified atom stereocenters. The Morgan fingerprint density at radius 1 is 1.21 bits per heavy atom. The van der Waals surface area contributed by atoms with Gasteiger partial charge in [0.25, 0.3) is 0 Å². The van der Waals surface area contributed by atoms with E-state index in [1.54, 1.807) is 6.20 Å². The van der Waals surface area contributed by atoms with Gasteiger partial charge in [0, 0.05) is 0 Å². The average molecular weight is 281 g/mol. The molecule has 5 heteroatoms. The smallest absolute Gasteiger partial charge is 0.178 e. The molecule has 104 valence electrons. The van der Waals surface area contributed by atoms with Crippen LogP contribution in [0.5, 0.6) is 0 Å². The van der Waals surface area contributed by atoms with Gasteiger partial charge in [0.1, 0.15) is 10.7 Å².